The molecule has 7 nitrogen and oxygen atoms in total. The first-order chi connectivity index (χ1) is 17.8. The number of Topliss-reactive ketones (excluding diaryl/α,β-unsaturated/α-hetero) is 1. The summed E-state index contributed by atoms with van der Waals surface area (Å²) in [6.07, 6.45) is 1.45. The van der Waals surface area contributed by atoms with Crippen LogP contribution in [0.4, 0.5) is 0 Å². The molecule has 9 heteroatoms. The molecule has 2 heterocycles. The molecule has 0 atom stereocenters. The number of rotatable bonds is 4. The number of ketones is 1. The third kappa shape index (κ3) is 5.01. The summed E-state index contributed by atoms with van der Waals surface area (Å²) in [4.78, 5) is 55.8. The summed E-state index contributed by atoms with van der Waals surface area (Å²) < 4.78 is 2.99. The molecule has 0 saturated carbocycles. The maximum Gasteiger partial charge on any atom is 0.295 e. The van der Waals surface area contributed by atoms with Crippen molar-refractivity contribution in [3.05, 3.63) is 105 Å². The largest absolute Gasteiger partial charge is 0.335 e. The van der Waals surface area contributed by atoms with Crippen LogP contribution in [-0.2, 0) is 4.79 Å². The summed E-state index contributed by atoms with van der Waals surface area (Å²) >= 11 is 6.76. The summed E-state index contributed by atoms with van der Waals surface area (Å²) in [5.74, 6) is -1.74. The molecule has 1 aromatic heterocycles. The highest BCUT2D eigenvalue weighted by Crippen LogP contribution is 2.25. The first-order valence-electron chi connectivity index (χ1n) is 11.6. The maximum absolute atomic E-state index is 13.3. The highest BCUT2D eigenvalue weighted by molar-refractivity contribution is 9.10. The molecule has 186 valence electrons. The molecule has 37 heavy (non-hydrogen) atoms. The zero-order valence-electron chi connectivity index (χ0n) is 19.6. The normalized spacial score (nSPS) is 13.6. The van der Waals surface area contributed by atoms with E-state index >= 15 is 0 Å². The van der Waals surface area contributed by atoms with Crippen molar-refractivity contribution in [3.63, 3.8) is 0 Å². The molecule has 0 spiro atoms. The Labute approximate surface area is 229 Å². The fourth-order valence-corrected chi connectivity index (χ4v) is 5.26. The van der Waals surface area contributed by atoms with Gasteiger partial charge in [0, 0.05) is 57.8 Å². The van der Waals surface area contributed by atoms with Gasteiger partial charge in [-0.15, -0.1) is 0 Å². The summed E-state index contributed by atoms with van der Waals surface area (Å²) in [6.45, 7) is 1.15. The van der Waals surface area contributed by atoms with Gasteiger partial charge in [-0.2, -0.15) is 0 Å². The van der Waals surface area contributed by atoms with Gasteiger partial charge in [0.15, 0.2) is 0 Å². The van der Waals surface area contributed by atoms with Crippen LogP contribution in [-0.4, -0.2) is 64.1 Å². The average molecular weight is 623 g/mol. The second-order valence-corrected chi connectivity index (χ2v) is 10.5. The molecular weight excluding hydrogens is 602 g/mol. The maximum atomic E-state index is 13.3. The number of hydrogen-bond acceptors (Lipinski definition) is 4. The van der Waals surface area contributed by atoms with Crippen molar-refractivity contribution in [1.29, 1.82) is 0 Å². The van der Waals surface area contributed by atoms with E-state index in [4.69, 9.17) is 0 Å². The Bertz CT molecular complexity index is 1550. The summed E-state index contributed by atoms with van der Waals surface area (Å²) in [7, 11) is 0. The smallest absolute Gasteiger partial charge is 0.295 e. The van der Waals surface area contributed by atoms with Crippen LogP contribution in [0.5, 0.6) is 0 Å². The molecule has 5 rings (SSSR count). The highest BCUT2D eigenvalue weighted by Gasteiger charge is 2.31. The Kier molecular flexibility index (Phi) is 7.08. The molecule has 1 saturated heterocycles. The molecule has 1 aliphatic heterocycles. The predicted octanol–water partition coefficient (Wildman–Crippen LogP) is 5.02. The number of aromatic nitrogens is 1. The molecule has 0 N–H and O–H groups in total. The minimum Gasteiger partial charge on any atom is -0.335 e. The van der Waals surface area contributed by atoms with Crippen LogP contribution < -0.4 is 0 Å². The minimum atomic E-state index is -0.677. The van der Waals surface area contributed by atoms with Crippen molar-refractivity contribution in [3.8, 4) is 0 Å². The number of halogens is 2. The van der Waals surface area contributed by atoms with Crippen molar-refractivity contribution >= 4 is 66.3 Å². The Balaban J connectivity index is 1.35. The molecule has 0 bridgehead atoms. The molecule has 2 amide bonds. The van der Waals surface area contributed by atoms with Gasteiger partial charge in [-0.25, -0.2) is 0 Å². The molecule has 1 aliphatic rings. The Morgan fingerprint density at radius 3 is 1.84 bits per heavy atom. The van der Waals surface area contributed by atoms with Gasteiger partial charge in [0.25, 0.3) is 23.5 Å². The summed E-state index contributed by atoms with van der Waals surface area (Å²) in [6, 6.07) is 21.2. The summed E-state index contributed by atoms with van der Waals surface area (Å²) in [5, 5.41) is 0.535. The number of amides is 2. The quantitative estimate of drug-likeness (QED) is 0.236. The summed E-state index contributed by atoms with van der Waals surface area (Å²) in [5.41, 5.74) is 1.74. The second-order valence-electron chi connectivity index (χ2n) is 8.67. The highest BCUT2D eigenvalue weighted by atomic mass is 79.9. The number of hydrogen-bond donors (Lipinski definition) is 0. The third-order valence-electron chi connectivity index (χ3n) is 6.37. The van der Waals surface area contributed by atoms with Crippen LogP contribution in [0.15, 0.2) is 87.9 Å². The van der Waals surface area contributed by atoms with Crippen LogP contribution in [0.2, 0.25) is 0 Å². The lowest BCUT2D eigenvalue weighted by molar-refractivity contribution is -0.127. The van der Waals surface area contributed by atoms with Gasteiger partial charge < -0.3 is 9.80 Å². The zero-order chi connectivity index (χ0) is 26.1. The van der Waals surface area contributed by atoms with Gasteiger partial charge in [0.05, 0.1) is 11.1 Å². The van der Waals surface area contributed by atoms with E-state index in [1.54, 1.807) is 65.6 Å². The van der Waals surface area contributed by atoms with Gasteiger partial charge in [0.1, 0.15) is 0 Å². The van der Waals surface area contributed by atoms with Gasteiger partial charge in [-0.1, -0.05) is 62.2 Å². The molecule has 4 aromatic rings. The van der Waals surface area contributed by atoms with E-state index in [0.29, 0.717) is 35.1 Å². The first kappa shape index (κ1) is 25.1. The lowest BCUT2D eigenvalue weighted by atomic mass is 10.1. The van der Waals surface area contributed by atoms with E-state index < -0.39 is 11.7 Å². The van der Waals surface area contributed by atoms with Gasteiger partial charge >= 0.3 is 0 Å². The van der Waals surface area contributed by atoms with Crippen molar-refractivity contribution in [2.24, 2.45) is 0 Å². The Hall–Kier alpha value is -3.56. The number of benzene rings is 3. The lowest BCUT2D eigenvalue weighted by Crippen LogP contribution is -2.52. The van der Waals surface area contributed by atoms with E-state index in [0.717, 1.165) is 8.95 Å². The fourth-order valence-electron chi connectivity index (χ4n) is 4.46. The standard InChI is InChI=1S/C28H21Br2N3O4/c29-20-7-3-5-18(15-20)26(35)31-11-13-32(14-12-31)28(37)25(34)23-17-33(24-10-2-1-9-22(23)24)27(36)19-6-4-8-21(30)16-19/h1-10,15-17H,11-14H2. The molecule has 3 aromatic carbocycles. The third-order valence-corrected chi connectivity index (χ3v) is 7.35. The molecule has 0 aliphatic carbocycles. The average Bonchev–Trinajstić information content (AvgIpc) is 3.31. The van der Waals surface area contributed by atoms with Gasteiger partial charge in [-0.3, -0.25) is 23.7 Å². The van der Waals surface area contributed by atoms with Crippen molar-refractivity contribution in [2.75, 3.05) is 26.2 Å². The van der Waals surface area contributed by atoms with Gasteiger partial charge in [-0.05, 0) is 42.5 Å². The molecular formula is C28H21Br2N3O4. The lowest BCUT2D eigenvalue weighted by Gasteiger charge is -2.34. The van der Waals surface area contributed by atoms with Crippen LogP contribution in [0, 0.1) is 0 Å². The minimum absolute atomic E-state index is 0.117. The molecule has 1 fully saturated rings. The van der Waals surface area contributed by atoms with E-state index in [2.05, 4.69) is 31.9 Å². The molecule has 0 radical (unpaired) electrons. The number of para-hydroxylation sites is 1. The number of piperazine rings is 1. The SMILES string of the molecule is O=C(C(=O)N1CCN(C(=O)c2cccc(Br)c2)CC1)c1cn(C(=O)c2cccc(Br)c2)c2ccccc12. The Morgan fingerprint density at radius 2 is 1.22 bits per heavy atom. The van der Waals surface area contributed by atoms with Gasteiger partial charge in [0.2, 0.25) is 0 Å². The van der Waals surface area contributed by atoms with Crippen LogP contribution in [0.1, 0.15) is 31.1 Å². The molecule has 0 unspecified atom stereocenters. The number of carbonyl (C=O) groups excluding carboxylic acids is 4. The van der Waals surface area contributed by atoms with Crippen molar-refractivity contribution < 1.29 is 19.2 Å². The predicted molar refractivity (Wildman–Crippen MR) is 147 cm³/mol. The Morgan fingerprint density at radius 1 is 0.649 bits per heavy atom. The monoisotopic (exact) mass is 621 g/mol. The van der Waals surface area contributed by atoms with E-state index in [-0.39, 0.29) is 30.5 Å². The van der Waals surface area contributed by atoms with Crippen LogP contribution in [0.25, 0.3) is 10.9 Å². The van der Waals surface area contributed by atoms with E-state index in [1.807, 2.05) is 12.1 Å². The van der Waals surface area contributed by atoms with E-state index in [1.165, 1.54) is 15.7 Å². The zero-order valence-corrected chi connectivity index (χ0v) is 22.7. The van der Waals surface area contributed by atoms with E-state index in [9.17, 15) is 19.2 Å². The van der Waals surface area contributed by atoms with Crippen LogP contribution in [0.3, 0.4) is 0 Å². The second kappa shape index (κ2) is 10.4. The fraction of sp³-hybridized carbons (Fsp3) is 0.143. The topological polar surface area (TPSA) is 79.7 Å². The number of fused-ring (bicyclic) bond motifs is 1. The number of carbonyl (C=O) groups is 4. The van der Waals surface area contributed by atoms with Crippen molar-refractivity contribution in [2.45, 2.75) is 0 Å². The number of nitrogens with zero attached hydrogens (tertiary/aromatic N) is 3. The first-order valence-corrected chi connectivity index (χ1v) is 13.2. The van der Waals surface area contributed by atoms with Crippen LogP contribution >= 0.6 is 31.9 Å². The van der Waals surface area contributed by atoms with Crippen molar-refractivity contribution in [1.82, 2.24) is 14.4 Å².